The Balaban J connectivity index is 1.66. The van der Waals surface area contributed by atoms with Crippen LogP contribution in [0.5, 0.6) is 5.75 Å². The summed E-state index contributed by atoms with van der Waals surface area (Å²) in [6.45, 7) is 2.25. The van der Waals surface area contributed by atoms with Gasteiger partial charge in [-0.1, -0.05) is 35.9 Å². The minimum atomic E-state index is -0.248. The van der Waals surface area contributed by atoms with E-state index in [1.165, 1.54) is 0 Å². The number of benzene rings is 2. The summed E-state index contributed by atoms with van der Waals surface area (Å²) in [4.78, 5) is 21.1. The number of aryl methyl sites for hydroxylation is 1. The third kappa shape index (κ3) is 5.20. The molecule has 2 N–H and O–H groups in total. The molecule has 0 saturated carbocycles. The van der Waals surface area contributed by atoms with Crippen LogP contribution in [0.1, 0.15) is 21.9 Å². The average molecular weight is 397 g/mol. The van der Waals surface area contributed by atoms with Crippen LogP contribution in [0.15, 0.2) is 54.6 Å². The van der Waals surface area contributed by atoms with E-state index in [0.29, 0.717) is 41.1 Å². The Kier molecular flexibility index (Phi) is 6.45. The lowest BCUT2D eigenvalue weighted by Gasteiger charge is -2.12. The van der Waals surface area contributed by atoms with Crippen molar-refractivity contribution in [2.24, 2.45) is 0 Å². The van der Waals surface area contributed by atoms with Crippen LogP contribution in [0.25, 0.3) is 0 Å². The van der Waals surface area contributed by atoms with Gasteiger partial charge in [-0.05, 0) is 43.2 Å². The number of nitrogens with one attached hydrogen (secondary N) is 2. The topological polar surface area (TPSA) is 76.1 Å². The molecule has 144 valence electrons. The van der Waals surface area contributed by atoms with Crippen molar-refractivity contribution in [3.63, 3.8) is 0 Å². The monoisotopic (exact) mass is 396 g/mol. The van der Waals surface area contributed by atoms with E-state index in [1.807, 2.05) is 48.5 Å². The maximum absolute atomic E-state index is 12.5. The minimum absolute atomic E-state index is 0.248. The molecule has 1 heterocycles. The number of hydrogen-bond donors (Lipinski definition) is 2. The first-order valence-corrected chi connectivity index (χ1v) is 9.21. The summed E-state index contributed by atoms with van der Waals surface area (Å²) in [6, 6.07) is 16.7. The van der Waals surface area contributed by atoms with Crippen LogP contribution >= 0.6 is 11.6 Å². The first-order chi connectivity index (χ1) is 13.5. The molecule has 7 heteroatoms. The van der Waals surface area contributed by atoms with Crippen molar-refractivity contribution >= 4 is 29.0 Å². The second-order valence-corrected chi connectivity index (χ2v) is 6.58. The third-order valence-electron chi connectivity index (χ3n) is 4.05. The largest absolute Gasteiger partial charge is 0.495 e. The van der Waals surface area contributed by atoms with Crippen LogP contribution in [0.2, 0.25) is 5.02 Å². The van der Waals surface area contributed by atoms with Crippen molar-refractivity contribution in [2.45, 2.75) is 13.3 Å². The van der Waals surface area contributed by atoms with Crippen molar-refractivity contribution in [3.05, 3.63) is 76.7 Å². The SMILES string of the molecule is COc1ccccc1Nc1cc(C(=O)NCCc2ccc(Cl)cc2)nc(C)n1. The van der Waals surface area contributed by atoms with E-state index in [2.05, 4.69) is 20.6 Å². The van der Waals surface area contributed by atoms with Crippen molar-refractivity contribution < 1.29 is 9.53 Å². The lowest BCUT2D eigenvalue weighted by molar-refractivity contribution is 0.0949. The van der Waals surface area contributed by atoms with Gasteiger partial charge in [0, 0.05) is 17.6 Å². The fourth-order valence-corrected chi connectivity index (χ4v) is 2.82. The normalized spacial score (nSPS) is 10.4. The number of hydrogen-bond acceptors (Lipinski definition) is 5. The average Bonchev–Trinajstić information content (AvgIpc) is 2.69. The standard InChI is InChI=1S/C21H21ClN4O2/c1-14-24-18(21(27)23-12-11-15-7-9-16(22)10-8-15)13-20(25-14)26-17-5-3-4-6-19(17)28-2/h3-10,13H,11-12H2,1-2H3,(H,23,27)(H,24,25,26). The molecule has 28 heavy (non-hydrogen) atoms. The highest BCUT2D eigenvalue weighted by atomic mass is 35.5. The van der Waals surface area contributed by atoms with Crippen molar-refractivity contribution in [2.75, 3.05) is 19.0 Å². The van der Waals surface area contributed by atoms with Crippen LogP contribution in [-0.4, -0.2) is 29.5 Å². The summed E-state index contributed by atoms with van der Waals surface area (Å²) in [6.07, 6.45) is 0.708. The number of amides is 1. The summed E-state index contributed by atoms with van der Waals surface area (Å²) in [5, 5.41) is 6.76. The van der Waals surface area contributed by atoms with Crippen LogP contribution in [0.3, 0.4) is 0 Å². The smallest absolute Gasteiger partial charge is 0.270 e. The van der Waals surface area contributed by atoms with Gasteiger partial charge in [-0.3, -0.25) is 4.79 Å². The van der Waals surface area contributed by atoms with Gasteiger partial charge in [0.15, 0.2) is 0 Å². The molecule has 6 nitrogen and oxygen atoms in total. The molecule has 0 aliphatic heterocycles. The van der Waals surface area contributed by atoms with E-state index < -0.39 is 0 Å². The van der Waals surface area contributed by atoms with E-state index in [9.17, 15) is 4.79 Å². The number of carbonyl (C=O) groups is 1. The van der Waals surface area contributed by atoms with Gasteiger partial charge < -0.3 is 15.4 Å². The summed E-state index contributed by atoms with van der Waals surface area (Å²) < 4.78 is 5.33. The van der Waals surface area contributed by atoms with Crippen LogP contribution in [0, 0.1) is 6.92 Å². The number of para-hydroxylation sites is 2. The molecule has 1 amide bonds. The Morgan fingerprint density at radius 2 is 1.86 bits per heavy atom. The van der Waals surface area contributed by atoms with Gasteiger partial charge in [-0.25, -0.2) is 9.97 Å². The van der Waals surface area contributed by atoms with Crippen molar-refractivity contribution in [3.8, 4) is 5.75 Å². The Morgan fingerprint density at radius 3 is 2.61 bits per heavy atom. The summed E-state index contributed by atoms with van der Waals surface area (Å²) in [7, 11) is 1.60. The zero-order valence-corrected chi connectivity index (χ0v) is 16.5. The summed E-state index contributed by atoms with van der Waals surface area (Å²) >= 11 is 5.89. The summed E-state index contributed by atoms with van der Waals surface area (Å²) in [5.41, 5.74) is 2.17. The highest BCUT2D eigenvalue weighted by molar-refractivity contribution is 6.30. The highest BCUT2D eigenvalue weighted by Gasteiger charge is 2.11. The second kappa shape index (κ2) is 9.19. The Labute approximate surface area is 168 Å². The molecular formula is C21H21ClN4O2. The first kappa shape index (κ1) is 19.6. The van der Waals surface area contributed by atoms with Gasteiger partial charge >= 0.3 is 0 Å². The van der Waals surface area contributed by atoms with Gasteiger partial charge in [0.2, 0.25) is 0 Å². The number of halogens is 1. The molecule has 0 bridgehead atoms. The first-order valence-electron chi connectivity index (χ1n) is 8.83. The molecule has 0 fully saturated rings. The van der Waals surface area contributed by atoms with Gasteiger partial charge in [0.1, 0.15) is 23.1 Å². The van der Waals surface area contributed by atoms with Gasteiger partial charge in [0.25, 0.3) is 5.91 Å². The van der Waals surface area contributed by atoms with Crippen LogP contribution in [-0.2, 0) is 6.42 Å². The molecule has 2 aromatic carbocycles. The number of anilines is 2. The molecule has 3 rings (SSSR count). The Hall–Kier alpha value is -3.12. The number of aromatic nitrogens is 2. The maximum Gasteiger partial charge on any atom is 0.270 e. The van der Waals surface area contributed by atoms with Crippen molar-refractivity contribution in [1.29, 1.82) is 0 Å². The molecule has 0 aliphatic carbocycles. The molecule has 0 unspecified atom stereocenters. The van der Waals surface area contributed by atoms with E-state index in [1.54, 1.807) is 20.1 Å². The van der Waals surface area contributed by atoms with Crippen molar-refractivity contribution in [1.82, 2.24) is 15.3 Å². The fourth-order valence-electron chi connectivity index (χ4n) is 2.70. The molecule has 3 aromatic rings. The van der Waals surface area contributed by atoms with Gasteiger partial charge in [-0.2, -0.15) is 0 Å². The summed E-state index contributed by atoms with van der Waals surface area (Å²) in [5.74, 6) is 1.47. The zero-order chi connectivity index (χ0) is 19.9. The maximum atomic E-state index is 12.5. The molecule has 0 saturated heterocycles. The lowest BCUT2D eigenvalue weighted by Crippen LogP contribution is -2.27. The molecule has 0 aliphatic rings. The Bertz CT molecular complexity index is 961. The van der Waals surface area contributed by atoms with Gasteiger partial charge in [-0.15, -0.1) is 0 Å². The Morgan fingerprint density at radius 1 is 1.11 bits per heavy atom. The highest BCUT2D eigenvalue weighted by Crippen LogP contribution is 2.26. The van der Waals surface area contributed by atoms with Gasteiger partial charge in [0.05, 0.1) is 12.8 Å². The predicted molar refractivity (Wildman–Crippen MR) is 111 cm³/mol. The number of carbonyl (C=O) groups excluding carboxylic acids is 1. The zero-order valence-electron chi connectivity index (χ0n) is 15.7. The number of rotatable bonds is 7. The lowest BCUT2D eigenvalue weighted by atomic mass is 10.1. The quantitative estimate of drug-likeness (QED) is 0.627. The molecule has 1 aromatic heterocycles. The predicted octanol–water partition coefficient (Wildman–Crippen LogP) is 4.16. The van der Waals surface area contributed by atoms with E-state index in [-0.39, 0.29) is 5.91 Å². The second-order valence-electron chi connectivity index (χ2n) is 6.14. The molecule has 0 spiro atoms. The molecular weight excluding hydrogens is 376 g/mol. The van der Waals surface area contributed by atoms with Crippen LogP contribution < -0.4 is 15.4 Å². The number of methoxy groups -OCH3 is 1. The van der Waals surface area contributed by atoms with E-state index >= 15 is 0 Å². The number of nitrogens with zero attached hydrogens (tertiary/aromatic N) is 2. The number of ether oxygens (including phenoxy) is 1. The third-order valence-corrected chi connectivity index (χ3v) is 4.30. The van der Waals surface area contributed by atoms with Crippen LogP contribution in [0.4, 0.5) is 11.5 Å². The fraction of sp³-hybridized carbons (Fsp3) is 0.190. The minimum Gasteiger partial charge on any atom is -0.495 e. The van der Waals surface area contributed by atoms with E-state index in [4.69, 9.17) is 16.3 Å². The van der Waals surface area contributed by atoms with E-state index in [0.717, 1.165) is 11.3 Å². The molecule has 0 radical (unpaired) electrons. The molecule has 0 atom stereocenters.